The van der Waals surface area contributed by atoms with Crippen LogP contribution in [0.2, 0.25) is 0 Å². The van der Waals surface area contributed by atoms with Crippen LogP contribution in [0.15, 0.2) is 18.2 Å². The number of nitrogens with two attached hydrogens (primary N) is 1. The molecule has 21 heavy (non-hydrogen) atoms. The molecule has 0 aliphatic rings. The predicted molar refractivity (Wildman–Crippen MR) is 75.9 cm³/mol. The van der Waals surface area contributed by atoms with Crippen molar-refractivity contribution in [2.45, 2.75) is 0 Å². The van der Waals surface area contributed by atoms with Gasteiger partial charge in [0.25, 0.3) is 11.6 Å². The third-order valence-electron chi connectivity index (χ3n) is 2.57. The lowest BCUT2D eigenvalue weighted by Crippen LogP contribution is -2.27. The Labute approximate surface area is 121 Å². The number of hydrazine groups is 1. The van der Waals surface area contributed by atoms with E-state index in [9.17, 15) is 14.9 Å². The molecule has 0 saturated heterocycles. The van der Waals surface area contributed by atoms with E-state index in [1.807, 2.05) is 0 Å². The fourth-order valence-corrected chi connectivity index (χ4v) is 1.54. The van der Waals surface area contributed by atoms with Gasteiger partial charge in [-0.1, -0.05) is 0 Å². The first-order chi connectivity index (χ1) is 10.1. The summed E-state index contributed by atoms with van der Waals surface area (Å²) in [5.41, 5.74) is 2.35. The number of nitro benzene ring substituents is 1. The minimum absolute atomic E-state index is 0.0731. The highest BCUT2D eigenvalue weighted by atomic mass is 16.6. The SMILES string of the molecule is COCCOCCNC(=O)c1ccc([N+](=O)[O-])c(NN)c1. The van der Waals surface area contributed by atoms with Crippen molar-refractivity contribution in [3.8, 4) is 0 Å². The van der Waals surface area contributed by atoms with E-state index in [4.69, 9.17) is 15.3 Å². The molecule has 1 amide bonds. The van der Waals surface area contributed by atoms with Gasteiger partial charge in [0, 0.05) is 25.3 Å². The van der Waals surface area contributed by atoms with Crippen molar-refractivity contribution < 1.29 is 19.2 Å². The molecule has 0 bridgehead atoms. The second kappa shape index (κ2) is 8.84. The third-order valence-corrected chi connectivity index (χ3v) is 2.57. The summed E-state index contributed by atoms with van der Waals surface area (Å²) in [6, 6.07) is 3.90. The fraction of sp³-hybridized carbons (Fsp3) is 0.417. The van der Waals surface area contributed by atoms with Crippen LogP contribution in [0.25, 0.3) is 0 Å². The van der Waals surface area contributed by atoms with Crippen LogP contribution in [0.4, 0.5) is 11.4 Å². The molecule has 0 atom stereocenters. The zero-order chi connectivity index (χ0) is 15.7. The first-order valence-corrected chi connectivity index (χ1v) is 6.20. The maximum Gasteiger partial charge on any atom is 0.293 e. The van der Waals surface area contributed by atoms with Gasteiger partial charge in [-0.05, 0) is 12.1 Å². The van der Waals surface area contributed by atoms with Gasteiger partial charge in [0.1, 0.15) is 5.69 Å². The number of nitrogens with one attached hydrogen (secondary N) is 2. The molecule has 4 N–H and O–H groups in total. The van der Waals surface area contributed by atoms with Crippen LogP contribution in [-0.2, 0) is 9.47 Å². The molecule has 0 aliphatic carbocycles. The van der Waals surface area contributed by atoms with Crippen molar-refractivity contribution in [1.82, 2.24) is 5.32 Å². The second-order valence-electron chi connectivity index (χ2n) is 3.99. The molecule has 116 valence electrons. The molecule has 0 fully saturated rings. The van der Waals surface area contributed by atoms with E-state index in [-0.39, 0.29) is 22.8 Å². The highest BCUT2D eigenvalue weighted by Crippen LogP contribution is 2.24. The Morgan fingerprint density at radius 3 is 2.76 bits per heavy atom. The summed E-state index contributed by atoms with van der Waals surface area (Å²) in [6.07, 6.45) is 0. The number of hydrogen-bond acceptors (Lipinski definition) is 7. The van der Waals surface area contributed by atoms with Gasteiger partial charge < -0.3 is 20.2 Å². The third kappa shape index (κ3) is 5.34. The average molecular weight is 298 g/mol. The highest BCUT2D eigenvalue weighted by molar-refractivity contribution is 5.95. The Morgan fingerprint density at radius 1 is 1.38 bits per heavy atom. The molecule has 0 spiro atoms. The molecule has 1 aromatic rings. The maximum atomic E-state index is 11.9. The van der Waals surface area contributed by atoms with Crippen LogP contribution in [0.3, 0.4) is 0 Å². The van der Waals surface area contributed by atoms with E-state index in [0.717, 1.165) is 0 Å². The van der Waals surface area contributed by atoms with Gasteiger partial charge in [-0.3, -0.25) is 20.8 Å². The summed E-state index contributed by atoms with van der Waals surface area (Å²) < 4.78 is 10.0. The lowest BCUT2D eigenvalue weighted by molar-refractivity contribution is -0.384. The van der Waals surface area contributed by atoms with Crippen molar-refractivity contribution in [1.29, 1.82) is 0 Å². The summed E-state index contributed by atoms with van der Waals surface area (Å²) in [6.45, 7) is 1.61. The number of carbonyl (C=O) groups excluding carboxylic acids is 1. The molecule has 9 nitrogen and oxygen atoms in total. The highest BCUT2D eigenvalue weighted by Gasteiger charge is 2.15. The van der Waals surface area contributed by atoms with E-state index in [0.29, 0.717) is 26.4 Å². The Bertz CT molecular complexity index is 495. The standard InChI is InChI=1S/C12H18N4O5/c1-20-6-7-21-5-4-14-12(17)9-2-3-11(16(18)19)10(8-9)15-13/h2-3,8,15H,4-7,13H2,1H3,(H,14,17). The normalized spacial score (nSPS) is 10.2. The number of benzene rings is 1. The molecule has 0 heterocycles. The quantitative estimate of drug-likeness (QED) is 0.258. The number of amides is 1. The number of nitrogen functional groups attached to an aromatic ring is 1. The number of nitrogens with zero attached hydrogens (tertiary/aromatic N) is 1. The van der Waals surface area contributed by atoms with E-state index in [1.54, 1.807) is 7.11 Å². The number of hydrogen-bond donors (Lipinski definition) is 3. The predicted octanol–water partition coefficient (Wildman–Crippen LogP) is 0.273. The van der Waals surface area contributed by atoms with Crippen LogP contribution >= 0.6 is 0 Å². The summed E-state index contributed by atoms with van der Waals surface area (Å²) in [4.78, 5) is 22.0. The molecule has 0 saturated carbocycles. The van der Waals surface area contributed by atoms with Gasteiger partial charge in [-0.15, -0.1) is 0 Å². The monoisotopic (exact) mass is 298 g/mol. The number of rotatable bonds is 9. The lowest BCUT2D eigenvalue weighted by atomic mass is 10.1. The minimum Gasteiger partial charge on any atom is -0.382 e. The van der Waals surface area contributed by atoms with Crippen LogP contribution in [0.5, 0.6) is 0 Å². The maximum absolute atomic E-state index is 11.9. The van der Waals surface area contributed by atoms with Gasteiger partial charge in [0.15, 0.2) is 0 Å². The average Bonchev–Trinajstić information content (AvgIpc) is 2.49. The van der Waals surface area contributed by atoms with E-state index in [2.05, 4.69) is 10.7 Å². The zero-order valence-electron chi connectivity index (χ0n) is 11.6. The minimum atomic E-state index is -0.583. The molecule has 0 aliphatic heterocycles. The molecular weight excluding hydrogens is 280 g/mol. The van der Waals surface area contributed by atoms with E-state index < -0.39 is 4.92 Å². The fourth-order valence-electron chi connectivity index (χ4n) is 1.54. The summed E-state index contributed by atoms with van der Waals surface area (Å²) in [5.74, 6) is 4.84. The zero-order valence-corrected chi connectivity index (χ0v) is 11.6. The molecule has 0 unspecified atom stereocenters. The Kier molecular flexibility index (Phi) is 7.09. The largest absolute Gasteiger partial charge is 0.382 e. The van der Waals surface area contributed by atoms with Gasteiger partial charge in [0.2, 0.25) is 0 Å². The van der Waals surface area contributed by atoms with E-state index >= 15 is 0 Å². The van der Waals surface area contributed by atoms with Crippen LogP contribution in [0, 0.1) is 10.1 Å². The molecule has 1 rings (SSSR count). The first-order valence-electron chi connectivity index (χ1n) is 6.20. The summed E-state index contributed by atoms with van der Waals surface area (Å²) >= 11 is 0. The van der Waals surface area contributed by atoms with E-state index in [1.165, 1.54) is 18.2 Å². The van der Waals surface area contributed by atoms with Gasteiger partial charge in [-0.2, -0.15) is 0 Å². The van der Waals surface area contributed by atoms with Crippen molar-refractivity contribution in [3.05, 3.63) is 33.9 Å². The smallest absolute Gasteiger partial charge is 0.293 e. The number of anilines is 1. The Balaban J connectivity index is 2.53. The topological polar surface area (TPSA) is 129 Å². The Morgan fingerprint density at radius 2 is 2.14 bits per heavy atom. The molecule has 9 heteroatoms. The van der Waals surface area contributed by atoms with Crippen LogP contribution in [-0.4, -0.2) is 44.3 Å². The van der Waals surface area contributed by atoms with Crippen molar-refractivity contribution in [3.63, 3.8) is 0 Å². The summed E-state index contributed by atoms with van der Waals surface area (Å²) in [5, 5.41) is 13.4. The molecule has 1 aromatic carbocycles. The Hall–Kier alpha value is -2.23. The van der Waals surface area contributed by atoms with Crippen LogP contribution in [0.1, 0.15) is 10.4 Å². The molecule has 0 aromatic heterocycles. The van der Waals surface area contributed by atoms with Gasteiger partial charge in [-0.25, -0.2) is 0 Å². The number of carbonyl (C=O) groups is 1. The number of methoxy groups -OCH3 is 1. The number of ether oxygens (including phenoxy) is 2. The van der Waals surface area contributed by atoms with Gasteiger partial charge >= 0.3 is 0 Å². The van der Waals surface area contributed by atoms with Crippen LogP contribution < -0.4 is 16.6 Å². The first kappa shape index (κ1) is 16.8. The van der Waals surface area contributed by atoms with Gasteiger partial charge in [0.05, 0.1) is 24.7 Å². The van der Waals surface area contributed by atoms with Crippen molar-refractivity contribution in [2.24, 2.45) is 5.84 Å². The number of nitro groups is 1. The molecule has 0 radical (unpaired) electrons. The lowest BCUT2D eigenvalue weighted by Gasteiger charge is -2.08. The summed E-state index contributed by atoms with van der Waals surface area (Å²) in [7, 11) is 1.57. The van der Waals surface area contributed by atoms with Crippen molar-refractivity contribution in [2.75, 3.05) is 38.9 Å². The van der Waals surface area contributed by atoms with Crippen molar-refractivity contribution >= 4 is 17.3 Å². The second-order valence-corrected chi connectivity index (χ2v) is 3.99. The molecular formula is C12H18N4O5.